The lowest BCUT2D eigenvalue weighted by Crippen LogP contribution is -2.34. The molecule has 1 aliphatic heterocycles. The standard InChI is InChI=1S/C10H13BNO/c1-11-8-3-2-7-4-9(12)6-13-10(7)5-8/h2-3,5,9H,4,6,12H2,1H3. The second kappa shape index (κ2) is 3.42. The van der Waals surface area contributed by atoms with Crippen LogP contribution < -0.4 is 15.9 Å². The van der Waals surface area contributed by atoms with E-state index >= 15 is 0 Å². The van der Waals surface area contributed by atoms with Crippen LogP contribution in [-0.4, -0.2) is 19.9 Å². The van der Waals surface area contributed by atoms with Gasteiger partial charge in [-0.15, -0.1) is 0 Å². The smallest absolute Gasteiger partial charge is 0.148 e. The number of benzene rings is 1. The summed E-state index contributed by atoms with van der Waals surface area (Å²) < 4.78 is 5.53. The Morgan fingerprint density at radius 3 is 3.15 bits per heavy atom. The molecule has 13 heavy (non-hydrogen) atoms. The molecular formula is C10H13BNO. The van der Waals surface area contributed by atoms with Crippen molar-refractivity contribution in [1.82, 2.24) is 0 Å². The minimum atomic E-state index is 0.156. The van der Waals surface area contributed by atoms with Gasteiger partial charge in [-0.25, -0.2) is 0 Å². The van der Waals surface area contributed by atoms with E-state index in [2.05, 4.69) is 25.5 Å². The highest BCUT2D eigenvalue weighted by atomic mass is 16.5. The highest BCUT2D eigenvalue weighted by Gasteiger charge is 2.16. The van der Waals surface area contributed by atoms with E-state index in [1.54, 1.807) is 0 Å². The molecule has 1 heterocycles. The van der Waals surface area contributed by atoms with Crippen molar-refractivity contribution in [3.63, 3.8) is 0 Å². The zero-order valence-electron chi connectivity index (χ0n) is 7.79. The van der Waals surface area contributed by atoms with Gasteiger partial charge in [0.1, 0.15) is 19.6 Å². The normalized spacial score (nSPS) is 20.3. The highest BCUT2D eigenvalue weighted by Crippen LogP contribution is 2.22. The molecule has 1 atom stereocenters. The minimum Gasteiger partial charge on any atom is -0.492 e. The van der Waals surface area contributed by atoms with Gasteiger partial charge in [-0.2, -0.15) is 0 Å². The molecule has 1 aromatic carbocycles. The predicted molar refractivity (Wildman–Crippen MR) is 54.9 cm³/mol. The fourth-order valence-electron chi connectivity index (χ4n) is 1.59. The van der Waals surface area contributed by atoms with E-state index in [0.717, 1.165) is 12.2 Å². The first-order valence-corrected chi connectivity index (χ1v) is 4.60. The van der Waals surface area contributed by atoms with Crippen molar-refractivity contribution in [3.05, 3.63) is 23.8 Å². The van der Waals surface area contributed by atoms with Crippen molar-refractivity contribution in [2.45, 2.75) is 19.3 Å². The van der Waals surface area contributed by atoms with Gasteiger partial charge in [-0.1, -0.05) is 24.4 Å². The molecular weight excluding hydrogens is 161 g/mol. The number of fused-ring (bicyclic) bond motifs is 1. The van der Waals surface area contributed by atoms with Crippen LogP contribution in [-0.2, 0) is 6.42 Å². The lowest BCUT2D eigenvalue weighted by atomic mass is 9.73. The minimum absolute atomic E-state index is 0.156. The second-order valence-electron chi connectivity index (χ2n) is 3.43. The third kappa shape index (κ3) is 1.70. The number of ether oxygens (including phenoxy) is 1. The Hall–Kier alpha value is -0.955. The molecule has 0 saturated carbocycles. The third-order valence-corrected chi connectivity index (χ3v) is 2.36. The quantitative estimate of drug-likeness (QED) is 0.622. The van der Waals surface area contributed by atoms with E-state index in [0.29, 0.717) is 6.61 Å². The zero-order valence-corrected chi connectivity index (χ0v) is 7.79. The Bertz CT molecular complexity index is 314. The summed E-state index contributed by atoms with van der Waals surface area (Å²) >= 11 is 0. The summed E-state index contributed by atoms with van der Waals surface area (Å²) in [5.41, 5.74) is 8.22. The van der Waals surface area contributed by atoms with Gasteiger partial charge in [0.05, 0.1) is 0 Å². The van der Waals surface area contributed by atoms with Crippen LogP contribution in [0, 0.1) is 0 Å². The van der Waals surface area contributed by atoms with Crippen LogP contribution in [0.15, 0.2) is 18.2 Å². The van der Waals surface area contributed by atoms with Gasteiger partial charge in [0.15, 0.2) is 0 Å². The number of hydrogen-bond donors (Lipinski definition) is 1. The number of nitrogens with two attached hydrogens (primary N) is 1. The Labute approximate surface area is 79.3 Å². The van der Waals surface area contributed by atoms with Gasteiger partial charge < -0.3 is 10.5 Å². The van der Waals surface area contributed by atoms with E-state index in [4.69, 9.17) is 10.5 Å². The summed E-state index contributed by atoms with van der Waals surface area (Å²) in [6, 6.07) is 6.43. The molecule has 0 aromatic heterocycles. The SMILES string of the molecule is C[B]c1ccc2c(c1)OCC(N)C2. The van der Waals surface area contributed by atoms with Crippen molar-refractivity contribution >= 4 is 12.7 Å². The highest BCUT2D eigenvalue weighted by molar-refractivity contribution is 6.51. The molecule has 0 saturated heterocycles. The Morgan fingerprint density at radius 2 is 2.38 bits per heavy atom. The van der Waals surface area contributed by atoms with Crippen molar-refractivity contribution in [1.29, 1.82) is 0 Å². The first-order valence-electron chi connectivity index (χ1n) is 4.60. The Kier molecular flexibility index (Phi) is 2.27. The van der Waals surface area contributed by atoms with Crippen molar-refractivity contribution in [3.8, 4) is 5.75 Å². The maximum atomic E-state index is 5.79. The third-order valence-electron chi connectivity index (χ3n) is 2.36. The Morgan fingerprint density at radius 1 is 1.54 bits per heavy atom. The largest absolute Gasteiger partial charge is 0.492 e. The average Bonchev–Trinajstić information content (AvgIpc) is 2.17. The fourth-order valence-corrected chi connectivity index (χ4v) is 1.59. The van der Waals surface area contributed by atoms with Gasteiger partial charge in [0, 0.05) is 6.04 Å². The summed E-state index contributed by atoms with van der Waals surface area (Å²) in [6.45, 7) is 2.66. The average molecular weight is 174 g/mol. The molecule has 0 fully saturated rings. The zero-order chi connectivity index (χ0) is 9.26. The second-order valence-corrected chi connectivity index (χ2v) is 3.43. The lowest BCUT2D eigenvalue weighted by Gasteiger charge is -2.22. The number of rotatable bonds is 1. The van der Waals surface area contributed by atoms with E-state index in [-0.39, 0.29) is 6.04 Å². The molecule has 0 bridgehead atoms. The molecule has 2 N–H and O–H groups in total. The van der Waals surface area contributed by atoms with Crippen LogP contribution in [0.5, 0.6) is 5.75 Å². The molecule has 1 radical (unpaired) electrons. The van der Waals surface area contributed by atoms with Crippen LogP contribution in [0.25, 0.3) is 0 Å². The summed E-state index contributed by atoms with van der Waals surface area (Å²) in [6.07, 6.45) is 0.930. The molecule has 1 aliphatic rings. The maximum Gasteiger partial charge on any atom is 0.148 e. The first kappa shape index (κ1) is 8.63. The van der Waals surface area contributed by atoms with Crippen molar-refractivity contribution < 1.29 is 4.74 Å². The van der Waals surface area contributed by atoms with E-state index < -0.39 is 0 Å². The summed E-state index contributed by atoms with van der Waals surface area (Å²) in [7, 11) is 2.07. The predicted octanol–water partition coefficient (Wildman–Crippen LogP) is 0.326. The summed E-state index contributed by atoms with van der Waals surface area (Å²) in [5, 5.41) is 0. The monoisotopic (exact) mass is 174 g/mol. The van der Waals surface area contributed by atoms with Crippen LogP contribution in [0.1, 0.15) is 5.56 Å². The van der Waals surface area contributed by atoms with E-state index in [9.17, 15) is 0 Å². The molecule has 0 spiro atoms. The number of hydrogen-bond acceptors (Lipinski definition) is 2. The van der Waals surface area contributed by atoms with Crippen LogP contribution in [0.4, 0.5) is 0 Å². The lowest BCUT2D eigenvalue weighted by molar-refractivity contribution is 0.264. The van der Waals surface area contributed by atoms with E-state index in [1.165, 1.54) is 11.0 Å². The molecule has 1 unspecified atom stereocenters. The first-order chi connectivity index (χ1) is 6.29. The van der Waals surface area contributed by atoms with Crippen LogP contribution in [0.2, 0.25) is 6.82 Å². The molecule has 0 amide bonds. The van der Waals surface area contributed by atoms with Gasteiger partial charge in [0.25, 0.3) is 0 Å². The van der Waals surface area contributed by atoms with Crippen molar-refractivity contribution in [2.75, 3.05) is 6.61 Å². The molecule has 1 aromatic rings. The van der Waals surface area contributed by atoms with Gasteiger partial charge >= 0.3 is 0 Å². The Balaban J connectivity index is 2.31. The van der Waals surface area contributed by atoms with Gasteiger partial charge in [-0.05, 0) is 18.1 Å². The molecule has 2 rings (SSSR count). The molecule has 3 heteroatoms. The molecule has 67 valence electrons. The molecule has 0 aliphatic carbocycles. The van der Waals surface area contributed by atoms with E-state index in [1.807, 2.05) is 6.82 Å². The maximum absolute atomic E-state index is 5.79. The van der Waals surface area contributed by atoms with Gasteiger partial charge in [-0.3, -0.25) is 0 Å². The summed E-state index contributed by atoms with van der Waals surface area (Å²) in [4.78, 5) is 0. The molecule has 2 nitrogen and oxygen atoms in total. The summed E-state index contributed by atoms with van der Waals surface area (Å²) in [5.74, 6) is 0.998. The van der Waals surface area contributed by atoms with Gasteiger partial charge in [0.2, 0.25) is 0 Å². The van der Waals surface area contributed by atoms with Crippen LogP contribution in [0.3, 0.4) is 0 Å². The van der Waals surface area contributed by atoms with Crippen molar-refractivity contribution in [2.24, 2.45) is 5.73 Å². The fraction of sp³-hybridized carbons (Fsp3) is 0.400. The topological polar surface area (TPSA) is 35.2 Å². The van der Waals surface area contributed by atoms with Crippen LogP contribution >= 0.6 is 0 Å².